The summed E-state index contributed by atoms with van der Waals surface area (Å²) in [4.78, 5) is 0. The number of fused-ring (bicyclic) bond motifs is 2. The highest BCUT2D eigenvalue weighted by molar-refractivity contribution is 6.00. The van der Waals surface area contributed by atoms with Crippen LogP contribution in [0.15, 0.2) is 60.7 Å². The van der Waals surface area contributed by atoms with Crippen molar-refractivity contribution in [3.63, 3.8) is 0 Å². The number of hydrogen-bond donors (Lipinski definition) is 2. The van der Waals surface area contributed by atoms with Crippen molar-refractivity contribution < 1.29 is 0 Å². The zero-order chi connectivity index (χ0) is 21.7. The fraction of sp³-hybridized carbons (Fsp3) is 0. The predicted octanol–water partition coefficient (Wildman–Crippen LogP) is 4.77. The maximum absolute atomic E-state index is 5.89. The van der Waals surface area contributed by atoms with Crippen LogP contribution in [-0.4, -0.2) is 0 Å². The van der Waals surface area contributed by atoms with Crippen LogP contribution >= 0.6 is 0 Å². The summed E-state index contributed by atoms with van der Waals surface area (Å²) in [6.45, 7) is 0. The molecule has 0 amide bonds. The molecule has 140 valence electrons. The number of anilines is 2. The number of rotatable bonds is 0. The van der Waals surface area contributed by atoms with Crippen molar-refractivity contribution in [3.05, 3.63) is 82.9 Å². The summed E-state index contributed by atoms with van der Waals surface area (Å²) < 4.78 is 0. The largest absolute Gasteiger partial charge is 0.398 e. The second-order valence-electron chi connectivity index (χ2n) is 6.51. The summed E-state index contributed by atoms with van der Waals surface area (Å²) in [5, 5.41) is 3.88. The number of benzene rings is 4. The summed E-state index contributed by atoms with van der Waals surface area (Å²) in [5.41, 5.74) is 16.1. The molecule has 2 heteroatoms. The van der Waals surface area contributed by atoms with Gasteiger partial charge < -0.3 is 11.5 Å². The SMILES string of the molecule is C#Cc1ccc(N)c2c(C#C)cccc12.C#Cc1ccc2cc(C#C)c(N)cc2c1. The minimum atomic E-state index is 0.610. The highest BCUT2D eigenvalue weighted by Crippen LogP contribution is 2.27. The molecule has 0 atom stereocenters. The smallest absolute Gasteiger partial charge is 0.0479 e. The van der Waals surface area contributed by atoms with E-state index in [-0.39, 0.29) is 0 Å². The lowest BCUT2D eigenvalue weighted by Crippen LogP contribution is -1.91. The van der Waals surface area contributed by atoms with E-state index in [2.05, 4.69) is 23.7 Å². The van der Waals surface area contributed by atoms with E-state index in [1.807, 2.05) is 54.6 Å². The van der Waals surface area contributed by atoms with E-state index in [1.54, 1.807) is 6.07 Å². The van der Waals surface area contributed by atoms with Crippen molar-refractivity contribution >= 4 is 32.9 Å². The summed E-state index contributed by atoms with van der Waals surface area (Å²) in [5.74, 6) is 10.4. The van der Waals surface area contributed by atoms with Crippen molar-refractivity contribution in [1.82, 2.24) is 0 Å². The van der Waals surface area contributed by atoms with Crippen LogP contribution in [0.1, 0.15) is 22.3 Å². The number of hydrogen-bond acceptors (Lipinski definition) is 2. The molecule has 0 aliphatic carbocycles. The highest BCUT2D eigenvalue weighted by Gasteiger charge is 2.05. The predicted molar refractivity (Wildman–Crippen MR) is 128 cm³/mol. The zero-order valence-corrected chi connectivity index (χ0v) is 16.2. The van der Waals surface area contributed by atoms with Gasteiger partial charge in [-0.1, -0.05) is 41.9 Å². The first-order valence-corrected chi connectivity index (χ1v) is 9.03. The van der Waals surface area contributed by atoms with Crippen LogP contribution < -0.4 is 11.5 Å². The minimum Gasteiger partial charge on any atom is -0.398 e. The molecule has 0 aliphatic rings. The molecular weight excluding hydrogens is 364 g/mol. The Hall–Kier alpha value is -4.76. The maximum atomic E-state index is 5.89. The van der Waals surface area contributed by atoms with Gasteiger partial charge in [-0.25, -0.2) is 0 Å². The Kier molecular flexibility index (Phi) is 5.66. The normalized spacial score (nSPS) is 9.47. The van der Waals surface area contributed by atoms with Gasteiger partial charge in [0.1, 0.15) is 0 Å². The fourth-order valence-corrected chi connectivity index (χ4v) is 3.21. The van der Waals surface area contributed by atoms with E-state index in [1.165, 1.54) is 0 Å². The molecule has 0 unspecified atom stereocenters. The quantitative estimate of drug-likeness (QED) is 0.340. The molecular formula is C28H18N2. The van der Waals surface area contributed by atoms with Crippen LogP contribution in [0.5, 0.6) is 0 Å². The second kappa shape index (κ2) is 8.50. The third-order valence-electron chi connectivity index (χ3n) is 4.71. The minimum absolute atomic E-state index is 0.610. The lowest BCUT2D eigenvalue weighted by molar-refractivity contribution is 1.65. The van der Waals surface area contributed by atoms with Crippen molar-refractivity contribution in [1.29, 1.82) is 0 Å². The fourth-order valence-electron chi connectivity index (χ4n) is 3.21. The van der Waals surface area contributed by atoms with Gasteiger partial charge in [0.05, 0.1) is 0 Å². The Morgan fingerprint density at radius 1 is 0.567 bits per heavy atom. The van der Waals surface area contributed by atoms with Crippen molar-refractivity contribution in [2.45, 2.75) is 0 Å². The third-order valence-corrected chi connectivity index (χ3v) is 4.71. The van der Waals surface area contributed by atoms with Gasteiger partial charge in [0.15, 0.2) is 0 Å². The molecule has 0 radical (unpaired) electrons. The van der Waals surface area contributed by atoms with E-state index in [0.717, 1.165) is 43.8 Å². The van der Waals surface area contributed by atoms with Crippen LogP contribution in [0.3, 0.4) is 0 Å². The van der Waals surface area contributed by atoms with Crippen LogP contribution in [0.25, 0.3) is 21.5 Å². The molecule has 0 bridgehead atoms. The summed E-state index contributed by atoms with van der Waals surface area (Å²) in [6.07, 6.45) is 21.5. The third kappa shape index (κ3) is 3.77. The van der Waals surface area contributed by atoms with Gasteiger partial charge in [-0.05, 0) is 53.2 Å². The van der Waals surface area contributed by atoms with E-state index in [4.69, 9.17) is 37.2 Å². The number of nitrogen functional groups attached to an aromatic ring is 2. The maximum Gasteiger partial charge on any atom is 0.0479 e. The summed E-state index contributed by atoms with van der Waals surface area (Å²) in [6, 6.07) is 18.8. The van der Waals surface area contributed by atoms with Gasteiger partial charge in [-0.3, -0.25) is 0 Å². The average molecular weight is 382 g/mol. The van der Waals surface area contributed by atoms with E-state index in [0.29, 0.717) is 11.4 Å². The Morgan fingerprint density at radius 3 is 1.97 bits per heavy atom. The highest BCUT2D eigenvalue weighted by atomic mass is 14.6. The summed E-state index contributed by atoms with van der Waals surface area (Å²) in [7, 11) is 0. The van der Waals surface area contributed by atoms with Crippen LogP contribution in [0, 0.1) is 49.4 Å². The molecule has 0 aromatic heterocycles. The van der Waals surface area contributed by atoms with Crippen molar-refractivity contribution in [3.8, 4) is 49.4 Å². The Labute approximate surface area is 176 Å². The molecule has 0 saturated carbocycles. The van der Waals surface area contributed by atoms with Crippen molar-refractivity contribution in [2.24, 2.45) is 0 Å². The molecule has 0 heterocycles. The molecule has 0 aliphatic heterocycles. The Morgan fingerprint density at radius 2 is 1.30 bits per heavy atom. The topological polar surface area (TPSA) is 52.0 Å². The van der Waals surface area contributed by atoms with Gasteiger partial charge >= 0.3 is 0 Å². The van der Waals surface area contributed by atoms with Gasteiger partial charge in [0.25, 0.3) is 0 Å². The monoisotopic (exact) mass is 382 g/mol. The molecule has 4 rings (SSSR count). The van der Waals surface area contributed by atoms with Crippen LogP contribution in [0.2, 0.25) is 0 Å². The number of nitrogens with two attached hydrogens (primary N) is 2. The second-order valence-corrected chi connectivity index (χ2v) is 6.51. The van der Waals surface area contributed by atoms with E-state index >= 15 is 0 Å². The summed E-state index contributed by atoms with van der Waals surface area (Å²) >= 11 is 0. The molecule has 0 spiro atoms. The van der Waals surface area contributed by atoms with Gasteiger partial charge in [-0.2, -0.15) is 0 Å². The van der Waals surface area contributed by atoms with E-state index in [9.17, 15) is 0 Å². The standard InChI is InChI=1S/2C14H9N/c1-3-10-5-6-12-8-11(4-2)14(15)9-13(12)7-10;1-3-10-8-9-13(15)14-11(4-2)6-5-7-12(10)14/h2*1-2,5-9H,15H2. The molecule has 0 fully saturated rings. The van der Waals surface area contributed by atoms with Gasteiger partial charge in [-0.15, -0.1) is 25.7 Å². The molecule has 4 aromatic carbocycles. The first kappa shape index (κ1) is 20.0. The lowest BCUT2D eigenvalue weighted by atomic mass is 9.99. The van der Waals surface area contributed by atoms with Crippen LogP contribution in [0.4, 0.5) is 11.4 Å². The van der Waals surface area contributed by atoms with Gasteiger partial charge in [0, 0.05) is 44.4 Å². The molecule has 4 N–H and O–H groups in total. The Bertz CT molecular complexity index is 1450. The molecule has 0 saturated heterocycles. The molecule has 30 heavy (non-hydrogen) atoms. The number of terminal acetylenes is 4. The first-order chi connectivity index (χ1) is 14.5. The average Bonchev–Trinajstić information content (AvgIpc) is 2.78. The lowest BCUT2D eigenvalue weighted by Gasteiger charge is -2.06. The van der Waals surface area contributed by atoms with E-state index < -0.39 is 0 Å². The zero-order valence-electron chi connectivity index (χ0n) is 16.2. The van der Waals surface area contributed by atoms with Crippen LogP contribution in [-0.2, 0) is 0 Å². The Balaban J connectivity index is 0.000000171. The van der Waals surface area contributed by atoms with Crippen molar-refractivity contribution in [2.75, 3.05) is 11.5 Å². The van der Waals surface area contributed by atoms with Gasteiger partial charge in [0.2, 0.25) is 0 Å². The molecule has 4 aromatic rings. The molecule has 2 nitrogen and oxygen atoms in total. The first-order valence-electron chi connectivity index (χ1n) is 9.03.